The fourth-order valence-electron chi connectivity index (χ4n) is 2.83. The van der Waals surface area contributed by atoms with Crippen LogP contribution in [0.1, 0.15) is 19.3 Å². The second-order valence-corrected chi connectivity index (χ2v) is 4.88. The molecule has 0 aromatic rings. The number of carbonyl (C=O) groups excluding carboxylic acids is 1. The Bertz CT molecular complexity index is 309. The number of aliphatic hydroxyl groups excluding tert-OH is 1. The van der Waals surface area contributed by atoms with Gasteiger partial charge in [-0.3, -0.25) is 0 Å². The minimum absolute atomic E-state index is 0.374. The minimum atomic E-state index is -1.21. The van der Waals surface area contributed by atoms with Gasteiger partial charge in [-0.15, -0.1) is 0 Å². The van der Waals surface area contributed by atoms with E-state index in [0.717, 1.165) is 12.8 Å². The molecule has 1 aliphatic carbocycles. The van der Waals surface area contributed by atoms with E-state index in [4.69, 9.17) is 10.2 Å². The van der Waals surface area contributed by atoms with Crippen LogP contribution in [0.3, 0.4) is 0 Å². The second kappa shape index (κ2) is 4.91. The topological polar surface area (TPSA) is 89.9 Å². The van der Waals surface area contributed by atoms with E-state index < -0.39 is 18.6 Å². The standard InChI is InChI=1S/C11H18N2O4/c14-6-9(10(15)16)12-11(17)13-4-7-2-1-3-8(7)5-13/h7-9,14H,1-6H2,(H,12,17)(H,15,16)/t7?,8?,9-/m0/s1. The molecular weight excluding hydrogens is 224 g/mol. The van der Waals surface area contributed by atoms with Crippen LogP contribution >= 0.6 is 0 Å². The van der Waals surface area contributed by atoms with Gasteiger partial charge in [-0.2, -0.15) is 0 Å². The maximum absolute atomic E-state index is 11.8. The van der Waals surface area contributed by atoms with Crippen molar-refractivity contribution >= 4 is 12.0 Å². The monoisotopic (exact) mass is 242 g/mol. The summed E-state index contributed by atoms with van der Waals surface area (Å²) in [5.41, 5.74) is 0. The summed E-state index contributed by atoms with van der Waals surface area (Å²) in [5, 5.41) is 19.9. The van der Waals surface area contributed by atoms with Crippen LogP contribution in [0.4, 0.5) is 4.79 Å². The average molecular weight is 242 g/mol. The normalized spacial score (nSPS) is 28.9. The average Bonchev–Trinajstić information content (AvgIpc) is 2.84. The molecule has 0 aromatic heterocycles. The van der Waals surface area contributed by atoms with Crippen LogP contribution in [0.5, 0.6) is 0 Å². The Kier molecular flexibility index (Phi) is 3.51. The number of nitrogens with zero attached hydrogens (tertiary/aromatic N) is 1. The zero-order valence-corrected chi connectivity index (χ0v) is 9.63. The van der Waals surface area contributed by atoms with Crippen LogP contribution in [-0.4, -0.2) is 52.9 Å². The van der Waals surface area contributed by atoms with Crippen LogP contribution < -0.4 is 5.32 Å². The van der Waals surface area contributed by atoms with Gasteiger partial charge in [0.15, 0.2) is 6.04 Å². The molecule has 2 amide bonds. The van der Waals surface area contributed by atoms with Crippen molar-refractivity contribution in [2.24, 2.45) is 11.8 Å². The number of aliphatic carboxylic acids is 1. The van der Waals surface area contributed by atoms with Crippen molar-refractivity contribution < 1.29 is 19.8 Å². The lowest BCUT2D eigenvalue weighted by atomic mass is 10.0. The van der Waals surface area contributed by atoms with Crippen LogP contribution in [-0.2, 0) is 4.79 Å². The van der Waals surface area contributed by atoms with Crippen molar-refractivity contribution in [1.82, 2.24) is 10.2 Å². The van der Waals surface area contributed by atoms with Gasteiger partial charge in [-0.1, -0.05) is 6.42 Å². The zero-order valence-electron chi connectivity index (χ0n) is 9.63. The number of carboxylic acid groups (broad SMARTS) is 1. The van der Waals surface area contributed by atoms with Gasteiger partial charge in [0.2, 0.25) is 0 Å². The van der Waals surface area contributed by atoms with Crippen LogP contribution in [0, 0.1) is 11.8 Å². The predicted octanol–water partition coefficient (Wildman–Crippen LogP) is -0.127. The van der Waals surface area contributed by atoms with Crippen molar-refractivity contribution in [2.75, 3.05) is 19.7 Å². The quantitative estimate of drug-likeness (QED) is 0.643. The molecule has 2 unspecified atom stereocenters. The molecule has 2 aliphatic rings. The van der Waals surface area contributed by atoms with Gasteiger partial charge in [-0.05, 0) is 24.7 Å². The van der Waals surface area contributed by atoms with E-state index >= 15 is 0 Å². The number of nitrogens with one attached hydrogen (secondary N) is 1. The van der Waals surface area contributed by atoms with E-state index in [0.29, 0.717) is 24.9 Å². The third-order valence-corrected chi connectivity index (χ3v) is 3.79. The van der Waals surface area contributed by atoms with Gasteiger partial charge in [0, 0.05) is 13.1 Å². The highest BCUT2D eigenvalue weighted by atomic mass is 16.4. The van der Waals surface area contributed by atoms with Crippen molar-refractivity contribution in [3.63, 3.8) is 0 Å². The first-order valence-corrected chi connectivity index (χ1v) is 6.01. The first kappa shape index (κ1) is 12.2. The van der Waals surface area contributed by atoms with Gasteiger partial charge < -0.3 is 20.4 Å². The van der Waals surface area contributed by atoms with Crippen LogP contribution in [0.2, 0.25) is 0 Å². The Labute approximate surface area is 99.6 Å². The Morgan fingerprint density at radius 2 is 1.88 bits per heavy atom. The third-order valence-electron chi connectivity index (χ3n) is 3.79. The molecule has 96 valence electrons. The van der Waals surface area contributed by atoms with Gasteiger partial charge in [0.1, 0.15) is 0 Å². The van der Waals surface area contributed by atoms with Gasteiger partial charge >= 0.3 is 12.0 Å². The number of likely N-dealkylation sites (tertiary alicyclic amines) is 1. The first-order valence-electron chi connectivity index (χ1n) is 6.01. The summed E-state index contributed by atoms with van der Waals surface area (Å²) in [7, 11) is 0. The molecule has 6 nitrogen and oxygen atoms in total. The summed E-state index contributed by atoms with van der Waals surface area (Å²) in [4.78, 5) is 24.1. The fraction of sp³-hybridized carbons (Fsp3) is 0.818. The molecule has 0 aromatic carbocycles. The highest BCUT2D eigenvalue weighted by Gasteiger charge is 2.38. The predicted molar refractivity (Wildman–Crippen MR) is 59.4 cm³/mol. The molecule has 1 saturated carbocycles. The summed E-state index contributed by atoms with van der Waals surface area (Å²) >= 11 is 0. The fourth-order valence-corrected chi connectivity index (χ4v) is 2.83. The number of fused-ring (bicyclic) bond motifs is 1. The molecule has 0 spiro atoms. The van der Waals surface area contributed by atoms with E-state index in [-0.39, 0.29) is 6.03 Å². The van der Waals surface area contributed by atoms with Crippen molar-refractivity contribution in [3.8, 4) is 0 Å². The van der Waals surface area contributed by atoms with Gasteiger partial charge in [0.25, 0.3) is 0 Å². The molecule has 6 heteroatoms. The van der Waals surface area contributed by atoms with E-state index in [1.54, 1.807) is 4.90 Å². The molecule has 1 saturated heterocycles. The molecule has 2 rings (SSSR count). The minimum Gasteiger partial charge on any atom is -0.480 e. The van der Waals surface area contributed by atoms with Gasteiger partial charge in [0.05, 0.1) is 6.61 Å². The number of aliphatic hydroxyl groups is 1. The van der Waals surface area contributed by atoms with E-state index in [1.165, 1.54) is 6.42 Å². The van der Waals surface area contributed by atoms with Crippen molar-refractivity contribution in [2.45, 2.75) is 25.3 Å². The maximum Gasteiger partial charge on any atom is 0.328 e. The first-order chi connectivity index (χ1) is 8.11. The largest absolute Gasteiger partial charge is 0.480 e. The Morgan fingerprint density at radius 1 is 1.29 bits per heavy atom. The molecule has 1 heterocycles. The zero-order chi connectivity index (χ0) is 12.4. The number of hydrogen-bond acceptors (Lipinski definition) is 3. The third kappa shape index (κ3) is 2.52. The summed E-state index contributed by atoms with van der Waals surface area (Å²) in [6, 6.07) is -1.58. The second-order valence-electron chi connectivity index (χ2n) is 4.88. The molecule has 0 radical (unpaired) electrons. The SMILES string of the molecule is O=C(O)[C@H](CO)NC(=O)N1CC2CCCC2C1. The molecular formula is C11H18N2O4. The highest BCUT2D eigenvalue weighted by Crippen LogP contribution is 2.37. The van der Waals surface area contributed by atoms with Crippen molar-refractivity contribution in [3.05, 3.63) is 0 Å². The smallest absolute Gasteiger partial charge is 0.328 e. The van der Waals surface area contributed by atoms with E-state index in [2.05, 4.69) is 5.32 Å². The van der Waals surface area contributed by atoms with Crippen LogP contribution in [0.25, 0.3) is 0 Å². The molecule has 3 N–H and O–H groups in total. The number of carbonyl (C=O) groups is 2. The maximum atomic E-state index is 11.8. The lowest BCUT2D eigenvalue weighted by molar-refractivity contribution is -0.140. The van der Waals surface area contributed by atoms with E-state index in [1.807, 2.05) is 0 Å². The summed E-state index contributed by atoms with van der Waals surface area (Å²) in [5.74, 6) is -0.0449. The lowest BCUT2D eigenvalue weighted by Crippen LogP contribution is -2.49. The number of hydrogen-bond donors (Lipinski definition) is 3. The number of urea groups is 1. The molecule has 0 bridgehead atoms. The molecule has 2 fully saturated rings. The van der Waals surface area contributed by atoms with Crippen LogP contribution in [0.15, 0.2) is 0 Å². The molecule has 17 heavy (non-hydrogen) atoms. The summed E-state index contributed by atoms with van der Waals surface area (Å²) in [6.45, 7) is 0.851. The Balaban J connectivity index is 1.86. The highest BCUT2D eigenvalue weighted by molar-refractivity contribution is 5.82. The molecule has 3 atom stereocenters. The number of rotatable bonds is 3. The summed E-state index contributed by atoms with van der Waals surface area (Å²) < 4.78 is 0. The number of carboxylic acids is 1. The Hall–Kier alpha value is -1.30. The number of amides is 2. The van der Waals surface area contributed by atoms with Gasteiger partial charge in [-0.25, -0.2) is 9.59 Å². The molecule has 1 aliphatic heterocycles. The van der Waals surface area contributed by atoms with Crippen molar-refractivity contribution in [1.29, 1.82) is 0 Å². The summed E-state index contributed by atoms with van der Waals surface area (Å²) in [6.07, 6.45) is 3.56. The lowest BCUT2D eigenvalue weighted by Gasteiger charge is -2.20. The van der Waals surface area contributed by atoms with E-state index in [9.17, 15) is 9.59 Å². The Morgan fingerprint density at radius 3 is 2.35 bits per heavy atom.